The zero-order chi connectivity index (χ0) is 101. The summed E-state index contributed by atoms with van der Waals surface area (Å²) in [6.45, 7) is 74.5. The molecular formula is C108H116N8O4+4. The number of furan rings is 4. The second kappa shape index (κ2) is 32.3. The summed E-state index contributed by atoms with van der Waals surface area (Å²) in [6, 6.07) is 30.8. The Kier molecular flexibility index (Phi) is 17.9. The van der Waals surface area contributed by atoms with Gasteiger partial charge in [0.15, 0.2) is 22.8 Å². The van der Waals surface area contributed by atoms with Crippen molar-refractivity contribution in [3.05, 3.63) is 281 Å². The molecule has 8 aromatic carbocycles. The lowest BCUT2D eigenvalue weighted by Crippen LogP contribution is -2.35. The molecule has 120 heavy (non-hydrogen) atoms. The maximum absolute atomic E-state index is 9.17. The molecule has 0 unspecified atom stereocenters. The Labute approximate surface area is 732 Å². The van der Waals surface area contributed by atoms with E-state index in [1.807, 2.05) is 134 Å². The maximum atomic E-state index is 9.17. The number of pyridine rings is 4. The second-order valence-corrected chi connectivity index (χ2v) is 35.8. The fraction of sp³-hybridized carbons (Fsp3) is 0.333. The SMILES string of the molecule is [2H]c1c(C([2H])([2H])C(C)(C)C)c([2H])c(-c2c(C)cc(C)c3c2oc2c([N+]#[C-])cccc23)[n+](C)c1C.[2H]c1c(C([2H])([2H])C(C)(C)C)c([2H])c(-c2c(C)ccc3c2oc2c([N+]#[C-])c(C)ccc23)[n+](C)c1C.[2H]c1c(C([2H])([2H])C(C)(C)C)c([2H])c(-c2c(C)ccc3c2oc2c([N+]#[C-])cc(C)cc23)[n+](C)c1C.[2H]c1c(C([2H])([2H])C(C)(C)C)c([2H])c(-c2c(C)ccc3c2oc2c([N+]#[C-])ccc(C)c23)[n+](C)c1C. The highest BCUT2D eigenvalue weighted by Gasteiger charge is 2.32. The summed E-state index contributed by atoms with van der Waals surface area (Å²) < 4.78 is 175. The minimum absolute atomic E-state index is 0.0165. The van der Waals surface area contributed by atoms with E-state index < -0.39 is 47.2 Å². The van der Waals surface area contributed by atoms with Crippen molar-refractivity contribution in [3.8, 4) is 45.0 Å². The highest BCUT2D eigenvalue weighted by Crippen LogP contribution is 2.48. The molecular weight excluding hydrogens is 1470 g/mol. The van der Waals surface area contributed by atoms with E-state index in [1.165, 1.54) is 0 Å². The number of hydrogen-bond donors (Lipinski definition) is 0. The molecule has 0 atom stereocenters. The topological polar surface area (TPSA) is 85.5 Å². The number of benzene rings is 8. The zero-order valence-electron chi connectivity index (χ0n) is 90.4. The number of para-hydroxylation sites is 1. The maximum Gasteiger partial charge on any atom is 0.232 e. The lowest BCUT2D eigenvalue weighted by molar-refractivity contribution is -0.666. The molecule has 0 saturated carbocycles. The number of fused-ring (bicyclic) bond motifs is 12. The van der Waals surface area contributed by atoms with Gasteiger partial charge in [-0.25, -0.2) is 19.4 Å². The fourth-order valence-corrected chi connectivity index (χ4v) is 15.7. The van der Waals surface area contributed by atoms with Crippen LogP contribution in [0.2, 0.25) is 0 Å². The molecule has 8 heterocycles. The highest BCUT2D eigenvalue weighted by atomic mass is 16.3. The standard InChI is InChI=1S/4C27H29N2O/c1-16-10-12-21(28-7)26-23(16)20-11-9-17(2)24(25(20)30-26)22-14-19(15-27(4,5)6)13-18(3)29(22)8;1-16-9-11-20-21-12-10-17(2)24(28-7)26(21)30-25(20)23(16)22-14-19(15-27(4,5)6)13-18(3)29(22)8;1-16-11-21-20-10-9-17(2)24(26(20)30-25(21)22(12-16)28-7)23-14-19(15-27(4,5)6)13-18(3)29(23)8;1-16-12-17(2)24(22-14-19(15-27(4,5)6)13-18(3)29(22)8)26-23(16)20-10-9-11-21(28-7)25(20)30-26/h4*9-14H,15H2,1-6,8H3/q4*+1/i4*13D,14D,15D2. The molecule has 0 radical (unpaired) electrons. The van der Waals surface area contributed by atoms with Crippen LogP contribution in [0.15, 0.2) is 163 Å². The van der Waals surface area contributed by atoms with Crippen LogP contribution in [0.1, 0.15) is 195 Å². The van der Waals surface area contributed by atoms with Gasteiger partial charge in [-0.05, 0) is 170 Å². The Balaban J connectivity index is 0.000000153. The van der Waals surface area contributed by atoms with Gasteiger partial charge in [-0.15, -0.1) is 0 Å². The molecule has 8 aromatic heterocycles. The number of rotatable bonds is 8. The molecule has 0 aliphatic heterocycles. The summed E-state index contributed by atoms with van der Waals surface area (Å²) in [5, 5.41) is 6.81. The van der Waals surface area contributed by atoms with Crippen LogP contribution in [-0.2, 0) is 53.7 Å². The van der Waals surface area contributed by atoms with Crippen LogP contribution < -0.4 is 18.3 Å². The third-order valence-corrected chi connectivity index (χ3v) is 21.6. The molecule has 0 spiro atoms. The van der Waals surface area contributed by atoms with Gasteiger partial charge in [0.05, 0.1) is 59.5 Å². The molecule has 0 aliphatic rings. The molecule has 16 rings (SSSR count). The molecule has 0 fully saturated rings. The normalized spacial score (nSPS) is 14.3. The van der Waals surface area contributed by atoms with E-state index in [0.29, 0.717) is 135 Å². The van der Waals surface area contributed by atoms with Gasteiger partial charge in [0.1, 0.15) is 72.9 Å². The van der Waals surface area contributed by atoms with E-state index in [0.717, 1.165) is 87.6 Å². The van der Waals surface area contributed by atoms with Crippen molar-refractivity contribution in [1.82, 2.24) is 0 Å². The third kappa shape index (κ3) is 16.7. The van der Waals surface area contributed by atoms with Crippen LogP contribution in [0.4, 0.5) is 22.7 Å². The lowest BCUT2D eigenvalue weighted by Gasteiger charge is -2.19. The zero-order valence-corrected chi connectivity index (χ0v) is 74.4. The van der Waals surface area contributed by atoms with Crippen molar-refractivity contribution < 1.29 is 57.9 Å². The van der Waals surface area contributed by atoms with Gasteiger partial charge in [0.25, 0.3) is 0 Å². The first-order chi connectivity index (χ1) is 62.9. The molecule has 608 valence electrons. The van der Waals surface area contributed by atoms with Crippen LogP contribution in [0, 0.1) is 131 Å². The summed E-state index contributed by atoms with van der Waals surface area (Å²) in [4.78, 5) is 14.6. The van der Waals surface area contributed by atoms with Crippen molar-refractivity contribution in [2.45, 2.75) is 192 Å². The van der Waals surface area contributed by atoms with Crippen LogP contribution in [0.5, 0.6) is 0 Å². The first kappa shape index (κ1) is 66.4. The molecule has 0 bridgehead atoms. The summed E-state index contributed by atoms with van der Waals surface area (Å²) in [5.41, 5.74) is 17.5. The van der Waals surface area contributed by atoms with Gasteiger partial charge >= 0.3 is 0 Å². The van der Waals surface area contributed by atoms with Gasteiger partial charge in [0.2, 0.25) is 45.5 Å². The Bertz CT molecular complexity index is 7900. The highest BCUT2D eigenvalue weighted by molar-refractivity contribution is 6.17. The van der Waals surface area contributed by atoms with Gasteiger partial charge in [-0.2, -0.15) is 18.3 Å². The van der Waals surface area contributed by atoms with Gasteiger partial charge in [0, 0.05) is 130 Å². The number of aromatic nitrogens is 4. The molecule has 0 saturated heterocycles. The van der Waals surface area contributed by atoms with Gasteiger partial charge in [-0.3, -0.25) is 0 Å². The minimum atomic E-state index is -1.90. The molecule has 12 nitrogen and oxygen atoms in total. The second-order valence-electron chi connectivity index (χ2n) is 35.8. The van der Waals surface area contributed by atoms with E-state index in [-0.39, 0.29) is 70.6 Å². The molecule has 16 aromatic rings. The Morgan fingerprint density at radius 3 is 1.04 bits per heavy atom. The average Bonchev–Trinajstić information content (AvgIpc) is 0.936. The first-order valence-corrected chi connectivity index (χ1v) is 40.3. The summed E-state index contributed by atoms with van der Waals surface area (Å²) in [5.74, 6) is 0. The Hall–Kier alpha value is -12.5. The molecule has 12 heteroatoms. The molecule has 0 amide bonds. The van der Waals surface area contributed by atoms with E-state index >= 15 is 0 Å². The lowest BCUT2D eigenvalue weighted by atomic mass is 9.87. The number of nitrogens with zero attached hydrogens (tertiary/aromatic N) is 8. The summed E-state index contributed by atoms with van der Waals surface area (Å²) in [7, 11) is 7.20. The number of hydrogen-bond acceptors (Lipinski definition) is 4. The van der Waals surface area contributed by atoms with E-state index in [9.17, 15) is 0 Å². The quantitative estimate of drug-likeness (QED) is 0.112. The minimum Gasteiger partial charge on any atom is -0.466 e. The Morgan fingerprint density at radius 2 is 0.625 bits per heavy atom. The smallest absolute Gasteiger partial charge is 0.232 e. The first-order valence-electron chi connectivity index (χ1n) is 48.3. The van der Waals surface area contributed by atoms with Gasteiger partial charge in [-0.1, -0.05) is 180 Å². The van der Waals surface area contributed by atoms with Gasteiger partial charge < -0.3 is 17.7 Å². The van der Waals surface area contributed by atoms with Crippen LogP contribution in [0.25, 0.3) is 152 Å². The van der Waals surface area contributed by atoms with Crippen LogP contribution >= 0.6 is 0 Å². The third-order valence-electron chi connectivity index (χ3n) is 21.6. The van der Waals surface area contributed by atoms with E-state index in [2.05, 4.69) is 19.4 Å². The average molecular weight is 1610 g/mol. The van der Waals surface area contributed by atoms with E-state index in [4.69, 9.17) is 65.9 Å². The van der Waals surface area contributed by atoms with Crippen molar-refractivity contribution in [3.63, 3.8) is 0 Å². The van der Waals surface area contributed by atoms with E-state index in [1.54, 1.807) is 175 Å². The predicted molar refractivity (Wildman–Crippen MR) is 496 cm³/mol. The van der Waals surface area contributed by atoms with Crippen LogP contribution in [0.3, 0.4) is 0 Å². The number of aryl methyl sites for hydroxylation is 8. The fourth-order valence-electron chi connectivity index (χ4n) is 15.7. The van der Waals surface area contributed by atoms with Crippen molar-refractivity contribution in [2.24, 2.45) is 49.9 Å². The summed E-state index contributed by atoms with van der Waals surface area (Å²) >= 11 is 0. The largest absolute Gasteiger partial charge is 0.466 e. The monoisotopic (exact) mass is 1610 g/mol. The Morgan fingerprint density at radius 1 is 0.300 bits per heavy atom. The van der Waals surface area contributed by atoms with Crippen molar-refractivity contribution >= 4 is 111 Å². The van der Waals surface area contributed by atoms with Crippen molar-refractivity contribution in [1.29, 1.82) is 0 Å². The molecule has 0 N–H and O–H groups in total. The van der Waals surface area contributed by atoms with Crippen LogP contribution in [-0.4, -0.2) is 0 Å². The molecule has 0 aliphatic carbocycles. The van der Waals surface area contributed by atoms with Crippen molar-refractivity contribution in [2.75, 3.05) is 0 Å². The predicted octanol–water partition coefficient (Wildman–Crippen LogP) is 28.6. The summed E-state index contributed by atoms with van der Waals surface area (Å²) in [6.07, 6.45) is -7.62.